The number of anilines is 2. The van der Waals surface area contributed by atoms with E-state index in [-0.39, 0.29) is 39.4 Å². The molecule has 2 N–H and O–H groups in total. The fourth-order valence-corrected chi connectivity index (χ4v) is 5.91. The van der Waals surface area contributed by atoms with E-state index in [2.05, 4.69) is 58.2 Å². The number of ether oxygens (including phenoxy) is 2. The molecule has 8 nitrogen and oxygen atoms in total. The molecule has 0 fully saturated rings. The smallest absolute Gasteiger partial charge is 0.332 e. The van der Waals surface area contributed by atoms with Gasteiger partial charge in [-0.25, -0.2) is 4.79 Å². The maximum Gasteiger partial charge on any atom is 0.332 e. The van der Waals surface area contributed by atoms with Gasteiger partial charge in [-0.05, 0) is 83.2 Å². The fourth-order valence-electron chi connectivity index (χ4n) is 4.95. The van der Waals surface area contributed by atoms with Crippen molar-refractivity contribution in [2.45, 2.75) is 71.3 Å². The topological polar surface area (TPSA) is 111 Å². The summed E-state index contributed by atoms with van der Waals surface area (Å²) in [6.45, 7) is 12.7. The van der Waals surface area contributed by atoms with Crippen LogP contribution < -0.4 is 15.4 Å². The number of hydrogen-bond acceptors (Lipinski definition) is 7. The number of hydrogen-bond donors (Lipinski definition) is 2. The minimum atomic E-state index is -1.89. The molecule has 0 radical (unpaired) electrons. The van der Waals surface area contributed by atoms with Gasteiger partial charge in [0.05, 0.1) is 10.7 Å². The Labute approximate surface area is 313 Å². The highest BCUT2D eigenvalue weighted by atomic mass is 35.5. The quantitative estimate of drug-likeness (QED) is 0.0542. The Morgan fingerprint density at radius 2 is 1.61 bits per heavy atom. The highest BCUT2D eigenvalue weighted by Gasteiger charge is 2.32. The van der Waals surface area contributed by atoms with E-state index in [4.69, 9.17) is 32.7 Å². The third kappa shape index (κ3) is 10.5. The largest absolute Gasteiger partial charge is 0.483 e. The van der Waals surface area contributed by atoms with E-state index in [0.29, 0.717) is 10.8 Å². The summed E-state index contributed by atoms with van der Waals surface area (Å²) in [7, 11) is 0. The van der Waals surface area contributed by atoms with Crippen LogP contribution in [0.15, 0.2) is 84.3 Å². The summed E-state index contributed by atoms with van der Waals surface area (Å²) in [5, 5.41) is 7.59. The van der Waals surface area contributed by atoms with Crippen molar-refractivity contribution >= 4 is 75.6 Å². The van der Waals surface area contributed by atoms with Crippen LogP contribution in [-0.4, -0.2) is 36.3 Å². The highest BCUT2D eigenvalue weighted by molar-refractivity contribution is 7.10. The second-order valence-electron chi connectivity index (χ2n) is 13.2. The van der Waals surface area contributed by atoms with E-state index in [1.807, 2.05) is 23.6 Å². The third-order valence-electron chi connectivity index (χ3n) is 8.87. The summed E-state index contributed by atoms with van der Waals surface area (Å²) in [6.07, 6.45) is 2.60. The van der Waals surface area contributed by atoms with E-state index in [0.717, 1.165) is 29.4 Å². The van der Waals surface area contributed by atoms with Crippen LogP contribution in [0, 0.1) is 0 Å². The molecule has 0 spiro atoms. The van der Waals surface area contributed by atoms with Crippen molar-refractivity contribution in [3.8, 4) is 5.75 Å². The Morgan fingerprint density at radius 3 is 2.29 bits per heavy atom. The predicted molar refractivity (Wildman–Crippen MR) is 206 cm³/mol. The van der Waals surface area contributed by atoms with Crippen LogP contribution in [-0.2, 0) is 30.0 Å². The molecule has 1 heterocycles. The molecule has 1 unspecified atom stereocenters. The van der Waals surface area contributed by atoms with Gasteiger partial charge in [0.2, 0.25) is 11.9 Å². The number of ketones is 1. The SMILES string of the molecule is CCC(C)(C)c1ccc(OCC(=O)Nc2cccc(C(=O)C(OC(=O)/C=C/c3cccs3)C(=O)Nc3cc(Cl)ccc3Cl)c2)c(C(C)(C)CC)c1. The van der Waals surface area contributed by atoms with E-state index in [1.54, 1.807) is 18.2 Å². The monoisotopic (exact) mass is 748 g/mol. The Bertz CT molecular complexity index is 1920. The third-order valence-corrected chi connectivity index (χ3v) is 10.3. The molecule has 0 saturated heterocycles. The molecule has 0 bridgehead atoms. The molecule has 0 aliphatic rings. The number of benzene rings is 3. The van der Waals surface area contributed by atoms with Gasteiger partial charge in [-0.15, -0.1) is 11.3 Å². The number of halogens is 2. The first-order valence-electron chi connectivity index (χ1n) is 16.5. The fraction of sp³-hybridized carbons (Fsp3) is 0.300. The van der Waals surface area contributed by atoms with E-state index >= 15 is 0 Å². The second kappa shape index (κ2) is 17.2. The summed E-state index contributed by atoms with van der Waals surface area (Å²) in [6, 6.07) is 20.2. The molecule has 3 aromatic carbocycles. The molecule has 2 amide bonds. The molecule has 51 heavy (non-hydrogen) atoms. The van der Waals surface area contributed by atoms with Crippen LogP contribution in [0.1, 0.15) is 80.7 Å². The average molecular weight is 750 g/mol. The molecule has 1 atom stereocenters. The summed E-state index contributed by atoms with van der Waals surface area (Å²) in [5.41, 5.74) is 2.45. The van der Waals surface area contributed by atoms with Crippen molar-refractivity contribution < 1.29 is 28.7 Å². The summed E-state index contributed by atoms with van der Waals surface area (Å²) in [5.74, 6) is -2.50. The van der Waals surface area contributed by atoms with Crippen LogP contribution in [0.3, 0.4) is 0 Å². The Balaban J connectivity index is 1.52. The van der Waals surface area contributed by atoms with Crippen molar-refractivity contribution in [3.05, 3.63) is 116 Å². The van der Waals surface area contributed by atoms with Crippen LogP contribution in [0.5, 0.6) is 5.75 Å². The van der Waals surface area contributed by atoms with Gasteiger partial charge < -0.3 is 20.1 Å². The number of thiophene rings is 1. The zero-order valence-electron chi connectivity index (χ0n) is 29.5. The van der Waals surface area contributed by atoms with Gasteiger partial charge in [0.25, 0.3) is 11.8 Å². The predicted octanol–water partition coefficient (Wildman–Crippen LogP) is 9.89. The zero-order chi connectivity index (χ0) is 37.3. The molecule has 0 aliphatic carbocycles. The standard InChI is InChI=1S/C40H42Cl2N2O6S/c1-7-39(3,4)26-14-18-33(30(22-26)40(5,6)8-2)49-24-34(45)43-28-12-9-11-25(21-28)36(47)37(50-35(46)19-16-29-13-10-20-51-29)38(48)44-32-23-27(41)15-17-31(32)42/h9-23,37H,7-8,24H2,1-6H3,(H,43,45)(H,44,48)/b19-16+. The van der Waals surface area contributed by atoms with E-state index in [1.165, 1.54) is 53.3 Å². The van der Waals surface area contributed by atoms with Crippen molar-refractivity contribution in [3.63, 3.8) is 0 Å². The van der Waals surface area contributed by atoms with Gasteiger partial charge in [-0.2, -0.15) is 0 Å². The molecule has 1 aromatic heterocycles. The van der Waals surface area contributed by atoms with Crippen LogP contribution in [0.2, 0.25) is 10.0 Å². The molecular formula is C40H42Cl2N2O6S. The van der Waals surface area contributed by atoms with Crippen molar-refractivity contribution in [2.75, 3.05) is 17.2 Å². The van der Waals surface area contributed by atoms with Crippen LogP contribution in [0.4, 0.5) is 11.4 Å². The lowest BCUT2D eigenvalue weighted by Gasteiger charge is -2.30. The maximum atomic E-state index is 13.8. The summed E-state index contributed by atoms with van der Waals surface area (Å²) < 4.78 is 11.5. The number of rotatable bonds is 15. The first-order chi connectivity index (χ1) is 24.1. The number of amides is 2. The molecule has 4 rings (SSSR count). The van der Waals surface area contributed by atoms with Gasteiger partial charge >= 0.3 is 5.97 Å². The summed E-state index contributed by atoms with van der Waals surface area (Å²) >= 11 is 13.7. The molecular weight excluding hydrogens is 707 g/mol. The van der Waals surface area contributed by atoms with Gasteiger partial charge in [-0.1, -0.05) is 95.1 Å². The highest BCUT2D eigenvalue weighted by Crippen LogP contribution is 2.38. The first kappa shape index (κ1) is 39.3. The van der Waals surface area contributed by atoms with Crippen LogP contribution in [0.25, 0.3) is 6.08 Å². The number of carbonyl (C=O) groups is 4. The minimum absolute atomic E-state index is 0.0158. The Kier molecular flexibility index (Phi) is 13.3. The molecule has 268 valence electrons. The lowest BCUT2D eigenvalue weighted by Crippen LogP contribution is -2.39. The van der Waals surface area contributed by atoms with E-state index in [9.17, 15) is 19.2 Å². The Hall–Kier alpha value is -4.44. The van der Waals surface area contributed by atoms with E-state index < -0.39 is 29.7 Å². The molecule has 0 saturated carbocycles. The molecule has 4 aromatic rings. The number of esters is 1. The number of carbonyl (C=O) groups excluding carboxylic acids is 4. The molecule has 0 aliphatic heterocycles. The lowest BCUT2D eigenvalue weighted by atomic mass is 9.76. The second-order valence-corrected chi connectivity index (χ2v) is 15.1. The lowest BCUT2D eigenvalue weighted by molar-refractivity contribution is -0.146. The minimum Gasteiger partial charge on any atom is -0.483 e. The van der Waals surface area contributed by atoms with Gasteiger partial charge in [0.1, 0.15) is 5.75 Å². The molecule has 11 heteroatoms. The van der Waals surface area contributed by atoms with Crippen molar-refractivity contribution in [1.82, 2.24) is 0 Å². The number of Topliss-reactive ketones (excluding diaryl/α,β-unsaturated/α-hetero) is 1. The summed E-state index contributed by atoms with van der Waals surface area (Å²) in [4.78, 5) is 53.9. The van der Waals surface area contributed by atoms with Gasteiger partial charge in [-0.3, -0.25) is 14.4 Å². The number of nitrogens with one attached hydrogen (secondary N) is 2. The van der Waals surface area contributed by atoms with Crippen LogP contribution >= 0.6 is 34.5 Å². The normalized spacial score (nSPS) is 12.3. The average Bonchev–Trinajstić information content (AvgIpc) is 3.64. The van der Waals surface area contributed by atoms with Crippen molar-refractivity contribution in [1.29, 1.82) is 0 Å². The Morgan fingerprint density at radius 1 is 0.863 bits per heavy atom. The van der Waals surface area contributed by atoms with Gasteiger partial charge in [0.15, 0.2) is 6.61 Å². The first-order valence-corrected chi connectivity index (χ1v) is 18.2. The van der Waals surface area contributed by atoms with Gasteiger partial charge in [0, 0.05) is 32.8 Å². The van der Waals surface area contributed by atoms with Crippen molar-refractivity contribution in [2.24, 2.45) is 0 Å². The zero-order valence-corrected chi connectivity index (χ0v) is 31.8. The maximum absolute atomic E-state index is 13.8.